The highest BCUT2D eigenvalue weighted by atomic mass is 35.5. The summed E-state index contributed by atoms with van der Waals surface area (Å²) in [7, 11) is 1.25. The third-order valence-electron chi connectivity index (χ3n) is 6.22. The molecule has 206 valence electrons. The largest absolute Gasteiger partial charge is 0.465 e. The number of halogens is 2. The van der Waals surface area contributed by atoms with Gasteiger partial charge in [-0.2, -0.15) is 0 Å². The van der Waals surface area contributed by atoms with E-state index in [2.05, 4.69) is 10.6 Å². The van der Waals surface area contributed by atoms with E-state index in [1.54, 1.807) is 24.0 Å². The number of carbonyl (C=O) groups is 4. The molecule has 0 saturated heterocycles. The minimum atomic E-state index is -0.917. The molecule has 4 rings (SSSR count). The van der Waals surface area contributed by atoms with Gasteiger partial charge >= 0.3 is 17.8 Å². The summed E-state index contributed by atoms with van der Waals surface area (Å²) in [5.74, 6) is -2.26. The van der Waals surface area contributed by atoms with Crippen molar-refractivity contribution >= 4 is 58.7 Å². The standard InChI is InChI=1S/C29H25Cl2N3O6/c1-16(18-7-5-4-6-8-18)34-17(2)25(29(38)39-3)24(28(34)37)14-22-9-10-23(40-22)15-32-26(35)27(36)33-21-12-19(30)11-20(31)13-21/h4-14,16H,15H2,1-3H3,(H,32,35)(H,33,36)/b24-14+/t16-/m1/s1. The van der Waals surface area contributed by atoms with Crippen LogP contribution in [0.3, 0.4) is 0 Å². The van der Waals surface area contributed by atoms with Crippen LogP contribution in [0.25, 0.3) is 6.08 Å². The highest BCUT2D eigenvalue weighted by Gasteiger charge is 2.39. The number of amides is 3. The van der Waals surface area contributed by atoms with Gasteiger partial charge in [-0.15, -0.1) is 0 Å². The number of allylic oxidation sites excluding steroid dienone is 1. The summed E-state index contributed by atoms with van der Waals surface area (Å²) in [6.07, 6.45) is 1.46. The van der Waals surface area contributed by atoms with Crippen molar-refractivity contribution in [3.05, 3.63) is 105 Å². The maximum Gasteiger partial charge on any atom is 0.340 e. The van der Waals surface area contributed by atoms with Gasteiger partial charge in [0, 0.05) is 21.4 Å². The number of esters is 1. The summed E-state index contributed by atoms with van der Waals surface area (Å²) in [4.78, 5) is 52.2. The van der Waals surface area contributed by atoms with Crippen molar-refractivity contribution in [3.63, 3.8) is 0 Å². The van der Waals surface area contributed by atoms with E-state index >= 15 is 0 Å². The summed E-state index contributed by atoms with van der Waals surface area (Å²) in [5.41, 5.74) is 1.90. The fourth-order valence-corrected chi connectivity index (χ4v) is 4.84. The zero-order valence-electron chi connectivity index (χ0n) is 21.8. The lowest BCUT2D eigenvalue weighted by molar-refractivity contribution is -0.136. The number of benzene rings is 2. The van der Waals surface area contributed by atoms with E-state index in [0.29, 0.717) is 21.5 Å². The van der Waals surface area contributed by atoms with E-state index in [0.717, 1.165) is 5.56 Å². The molecule has 3 aromatic rings. The van der Waals surface area contributed by atoms with Crippen LogP contribution in [-0.2, 0) is 30.5 Å². The SMILES string of the molecule is COC(=O)C1=C(C)N([C@H](C)c2ccccc2)C(=O)/C1=C/c1ccc(CNC(=O)C(=O)Nc2cc(Cl)cc(Cl)c2)o1. The number of hydrogen-bond acceptors (Lipinski definition) is 6. The Balaban J connectivity index is 1.48. The van der Waals surface area contributed by atoms with Crippen molar-refractivity contribution in [2.45, 2.75) is 26.4 Å². The number of carbonyl (C=O) groups excluding carboxylic acids is 4. The minimum Gasteiger partial charge on any atom is -0.465 e. The average molecular weight is 582 g/mol. The maximum atomic E-state index is 13.5. The van der Waals surface area contributed by atoms with Crippen molar-refractivity contribution in [1.29, 1.82) is 0 Å². The fraction of sp³-hybridized carbons (Fsp3) is 0.172. The first-order valence-corrected chi connectivity index (χ1v) is 12.9. The Morgan fingerprint density at radius 3 is 2.35 bits per heavy atom. The first-order chi connectivity index (χ1) is 19.1. The molecule has 3 amide bonds. The number of methoxy groups -OCH3 is 1. The number of rotatable bonds is 7. The van der Waals surface area contributed by atoms with E-state index in [1.165, 1.54) is 31.4 Å². The van der Waals surface area contributed by atoms with Gasteiger partial charge < -0.3 is 24.7 Å². The van der Waals surface area contributed by atoms with Crippen molar-refractivity contribution in [1.82, 2.24) is 10.2 Å². The van der Waals surface area contributed by atoms with Gasteiger partial charge in [0.15, 0.2) is 0 Å². The smallest absolute Gasteiger partial charge is 0.340 e. The molecule has 1 aliphatic heterocycles. The molecule has 0 saturated carbocycles. The van der Waals surface area contributed by atoms with Gasteiger partial charge in [0.1, 0.15) is 11.5 Å². The van der Waals surface area contributed by atoms with Crippen molar-refractivity contribution < 1.29 is 28.3 Å². The molecule has 2 heterocycles. The van der Waals surface area contributed by atoms with Crippen LogP contribution >= 0.6 is 23.2 Å². The van der Waals surface area contributed by atoms with Gasteiger partial charge in [0.2, 0.25) is 0 Å². The summed E-state index contributed by atoms with van der Waals surface area (Å²) in [5, 5.41) is 5.48. The number of nitrogens with one attached hydrogen (secondary N) is 2. The molecule has 40 heavy (non-hydrogen) atoms. The Labute approximate surface area is 240 Å². The van der Waals surface area contributed by atoms with Crippen LogP contribution in [0.15, 0.2) is 81.9 Å². The molecule has 0 unspecified atom stereocenters. The van der Waals surface area contributed by atoms with Gasteiger partial charge in [-0.25, -0.2) is 4.79 Å². The van der Waals surface area contributed by atoms with Gasteiger partial charge in [0.05, 0.1) is 30.8 Å². The monoisotopic (exact) mass is 581 g/mol. The van der Waals surface area contributed by atoms with Crippen LogP contribution in [-0.4, -0.2) is 35.7 Å². The predicted octanol–water partition coefficient (Wildman–Crippen LogP) is 5.28. The van der Waals surface area contributed by atoms with Crippen LogP contribution in [0.4, 0.5) is 5.69 Å². The van der Waals surface area contributed by atoms with Gasteiger partial charge in [-0.3, -0.25) is 14.4 Å². The van der Waals surface area contributed by atoms with Crippen LogP contribution in [0.2, 0.25) is 10.0 Å². The highest BCUT2D eigenvalue weighted by molar-refractivity contribution is 6.40. The average Bonchev–Trinajstić information content (AvgIpc) is 3.47. The lowest BCUT2D eigenvalue weighted by Gasteiger charge is -2.26. The summed E-state index contributed by atoms with van der Waals surface area (Å²) in [6, 6.07) is 16.7. The Morgan fingerprint density at radius 2 is 1.70 bits per heavy atom. The fourth-order valence-electron chi connectivity index (χ4n) is 4.32. The van der Waals surface area contributed by atoms with E-state index < -0.39 is 17.8 Å². The van der Waals surface area contributed by atoms with Crippen LogP contribution in [0, 0.1) is 0 Å². The number of hydrogen-bond donors (Lipinski definition) is 2. The van der Waals surface area contributed by atoms with Gasteiger partial charge in [0.25, 0.3) is 5.91 Å². The van der Waals surface area contributed by atoms with Gasteiger partial charge in [-0.1, -0.05) is 53.5 Å². The maximum absolute atomic E-state index is 13.5. The summed E-state index contributed by atoms with van der Waals surface area (Å²) in [6.45, 7) is 3.46. The molecule has 0 spiro atoms. The van der Waals surface area contributed by atoms with E-state index in [9.17, 15) is 19.2 Å². The molecule has 1 atom stereocenters. The third-order valence-corrected chi connectivity index (χ3v) is 6.66. The number of ether oxygens (including phenoxy) is 1. The number of furan rings is 1. The zero-order valence-corrected chi connectivity index (χ0v) is 23.3. The topological polar surface area (TPSA) is 118 Å². The van der Waals surface area contributed by atoms with Crippen molar-refractivity contribution in [3.8, 4) is 0 Å². The Kier molecular flexibility index (Phi) is 8.77. The molecule has 0 aliphatic carbocycles. The summed E-state index contributed by atoms with van der Waals surface area (Å²) >= 11 is 11.8. The first-order valence-electron chi connectivity index (χ1n) is 12.1. The molecule has 2 N–H and O–H groups in total. The normalized spacial score (nSPS) is 14.9. The van der Waals surface area contributed by atoms with Crippen LogP contribution in [0.1, 0.15) is 37.0 Å². The Morgan fingerprint density at radius 1 is 1.02 bits per heavy atom. The molecule has 9 nitrogen and oxygen atoms in total. The Hall–Kier alpha value is -4.34. The minimum absolute atomic E-state index is 0.102. The van der Waals surface area contributed by atoms with Gasteiger partial charge in [-0.05, 0) is 55.8 Å². The van der Waals surface area contributed by atoms with E-state index in [-0.39, 0.29) is 41.1 Å². The molecular formula is C29H25Cl2N3O6. The third kappa shape index (κ3) is 6.27. The second kappa shape index (κ2) is 12.2. The molecule has 1 aromatic heterocycles. The van der Waals surface area contributed by atoms with E-state index in [1.807, 2.05) is 37.3 Å². The van der Waals surface area contributed by atoms with Crippen molar-refractivity contribution in [2.24, 2.45) is 0 Å². The molecule has 1 aliphatic rings. The van der Waals surface area contributed by atoms with Crippen LogP contribution < -0.4 is 10.6 Å². The molecule has 2 aromatic carbocycles. The second-order valence-corrected chi connectivity index (χ2v) is 9.74. The molecule has 0 bridgehead atoms. The number of anilines is 1. The quantitative estimate of drug-likeness (QED) is 0.223. The molecule has 0 radical (unpaired) electrons. The lowest BCUT2D eigenvalue weighted by Crippen LogP contribution is -2.34. The lowest BCUT2D eigenvalue weighted by atomic mass is 10.1. The molecule has 0 fully saturated rings. The second-order valence-electron chi connectivity index (χ2n) is 8.87. The highest BCUT2D eigenvalue weighted by Crippen LogP contribution is 2.37. The number of nitrogens with zero attached hydrogens (tertiary/aromatic N) is 1. The molecular weight excluding hydrogens is 557 g/mol. The van der Waals surface area contributed by atoms with Crippen molar-refractivity contribution in [2.75, 3.05) is 12.4 Å². The first kappa shape index (κ1) is 28.7. The predicted molar refractivity (Wildman–Crippen MR) is 150 cm³/mol. The summed E-state index contributed by atoms with van der Waals surface area (Å²) < 4.78 is 10.7. The molecule has 11 heteroatoms. The van der Waals surface area contributed by atoms with Crippen LogP contribution in [0.5, 0.6) is 0 Å². The zero-order chi connectivity index (χ0) is 29.0. The van der Waals surface area contributed by atoms with E-state index in [4.69, 9.17) is 32.4 Å². The Bertz CT molecular complexity index is 1520.